The molecule has 0 saturated carbocycles. The molecule has 28 heteroatoms. The molecule has 13 aromatic heterocycles. The van der Waals surface area contributed by atoms with E-state index in [1.807, 2.05) is 146 Å². The number of halogens is 11. The van der Waals surface area contributed by atoms with Gasteiger partial charge in [-0.1, -0.05) is 89.4 Å². The van der Waals surface area contributed by atoms with E-state index in [-0.39, 0.29) is 31.3 Å². The second-order valence-electron chi connectivity index (χ2n) is 26.1. The van der Waals surface area contributed by atoms with Crippen LogP contribution in [0.3, 0.4) is 0 Å². The van der Waals surface area contributed by atoms with Crippen LogP contribution in [-0.2, 0) is 0 Å². The summed E-state index contributed by atoms with van der Waals surface area (Å²) in [6.45, 7) is 7.24. The number of hydrogen-bond donors (Lipinski definition) is 0. The van der Waals surface area contributed by atoms with Crippen molar-refractivity contribution in [2.75, 3.05) is 0 Å². The molecular formula is C92H51Cl4F7N16S. The number of nitrogens with zero attached hydrogens (tertiary/aromatic N) is 16. The summed E-state index contributed by atoms with van der Waals surface area (Å²) in [5, 5.41) is 4.42. The molecule has 0 amide bonds. The van der Waals surface area contributed by atoms with Crippen LogP contribution in [0.1, 0.15) is 0 Å². The average molecular weight is 1690 g/mol. The van der Waals surface area contributed by atoms with Gasteiger partial charge in [0.1, 0.15) is 35.4 Å². The highest BCUT2D eigenvalue weighted by Gasteiger charge is 2.21. The van der Waals surface area contributed by atoms with Gasteiger partial charge in [0.25, 0.3) is 5.82 Å². The zero-order chi connectivity index (χ0) is 82.9. The highest BCUT2D eigenvalue weighted by molar-refractivity contribution is 7.16. The minimum absolute atomic E-state index is 0.0504. The van der Waals surface area contributed by atoms with Gasteiger partial charge in [-0.15, -0.1) is 11.3 Å². The lowest BCUT2D eigenvalue weighted by molar-refractivity contribution is 0.496. The Morgan fingerprint density at radius 3 is 1.31 bits per heavy atom. The molecule has 120 heavy (non-hydrogen) atoms. The second-order valence-corrected chi connectivity index (χ2v) is 28.7. The van der Waals surface area contributed by atoms with E-state index in [4.69, 9.17) is 53.0 Å². The predicted octanol–water partition coefficient (Wildman–Crippen LogP) is 25.4. The Morgan fingerprint density at radius 1 is 0.308 bits per heavy atom. The number of benzene rings is 7. The number of fused-ring (bicyclic) bond motifs is 5. The smallest absolute Gasteiger partial charge is 0.254 e. The highest BCUT2D eigenvalue weighted by atomic mass is 35.5. The monoisotopic (exact) mass is 1680 g/mol. The second kappa shape index (κ2) is 35.6. The van der Waals surface area contributed by atoms with Crippen molar-refractivity contribution in [3.8, 4) is 112 Å². The Balaban J connectivity index is 0.000000112. The van der Waals surface area contributed by atoms with Gasteiger partial charge >= 0.3 is 0 Å². The van der Waals surface area contributed by atoms with Crippen molar-refractivity contribution in [2.24, 2.45) is 0 Å². The highest BCUT2D eigenvalue weighted by Crippen LogP contribution is 2.40. The average Bonchev–Trinajstić information content (AvgIpc) is 1.71. The lowest BCUT2D eigenvalue weighted by Gasteiger charge is -2.10. The summed E-state index contributed by atoms with van der Waals surface area (Å²) in [4.78, 5) is 55.5. The molecule has 20 rings (SSSR count). The standard InChI is InChI=1S/C19H10ClFN4.2C19H11ClFN3.C18H9F3N2S.C17H10ClFN4/c1-22-18-10-24-17-7-5-13(11-25(17)18)14-3-2-8-23-19(14)12-4-6-16(21)15(20)9-12;20-14-11-12(5-6-15(14)21)19-13(3-1-10-23-19)16-7-8-17-18(24-16)4-2-9-22-17;20-15-10-13(3-5-16(15)21)19-14(2-1-7-24-19)12-4-6-17-18(11-12)23-9-8-22-17;19-13-8-15(21)14(20)7-12(13)18-11(2-1-5-22-18)10-3-4-16-17(6-10)24-9-23-16;18-14-8-11(3-5-15(14)19)17-13(2-1-7-20-17)12-4-6-16-21-10-22-23(16)9-12/h2-11H;2*1-11H;1-9H;1-10H. The summed E-state index contributed by atoms with van der Waals surface area (Å²) in [6, 6.07) is 65.0. The van der Waals surface area contributed by atoms with E-state index in [0.717, 1.165) is 128 Å². The van der Waals surface area contributed by atoms with Crippen LogP contribution in [0.25, 0.3) is 160 Å². The maximum Gasteiger partial charge on any atom is 0.254 e. The molecule has 0 aliphatic carbocycles. The fourth-order valence-electron chi connectivity index (χ4n) is 13.0. The molecule has 0 unspecified atom stereocenters. The van der Waals surface area contributed by atoms with Crippen molar-refractivity contribution >= 4 is 107 Å². The van der Waals surface area contributed by atoms with E-state index in [1.165, 1.54) is 54.3 Å². The SMILES string of the molecule is Fc1cc(F)c(-c2ncccc2-c2ccc3ncsc3c2)cc1F.Fc1ccc(-c2ncccc2-c2ccc3ncccc3n2)cc1Cl.Fc1ccc(-c2ncccc2-c2ccc3nccnc3c2)cc1Cl.Fc1ccc(-c2ncccc2-c2ccc3ncnn3c2)cc1Cl.[C-]#[N+]c1cnc2ccc(-c3cccnc3-c3ccc(F)c(Cl)c3)cn12. The van der Waals surface area contributed by atoms with Crippen molar-refractivity contribution in [2.45, 2.75) is 0 Å². The number of imidazole rings is 1. The molecule has 13 heterocycles. The summed E-state index contributed by atoms with van der Waals surface area (Å²) in [7, 11) is 0. The molecule has 0 atom stereocenters. The van der Waals surface area contributed by atoms with Gasteiger partial charge in [0.05, 0.1) is 104 Å². The van der Waals surface area contributed by atoms with E-state index in [2.05, 4.69) is 69.8 Å². The van der Waals surface area contributed by atoms with E-state index in [1.54, 1.807) is 118 Å². The van der Waals surface area contributed by atoms with Crippen LogP contribution in [0, 0.1) is 47.3 Å². The van der Waals surface area contributed by atoms with E-state index in [9.17, 15) is 30.7 Å². The maximum absolute atomic E-state index is 14.2. The van der Waals surface area contributed by atoms with Gasteiger partial charge in [-0.2, -0.15) is 5.10 Å². The van der Waals surface area contributed by atoms with Crippen LogP contribution in [0.5, 0.6) is 0 Å². The van der Waals surface area contributed by atoms with Crippen molar-refractivity contribution in [3.05, 3.63) is 383 Å². The van der Waals surface area contributed by atoms with E-state index in [0.29, 0.717) is 34.5 Å². The molecule has 0 saturated heterocycles. The molecule has 7 aromatic carbocycles. The minimum atomic E-state index is -1.22. The molecule has 0 aliphatic rings. The predicted molar refractivity (Wildman–Crippen MR) is 456 cm³/mol. The molecule has 0 fully saturated rings. The van der Waals surface area contributed by atoms with Crippen LogP contribution in [0.4, 0.5) is 36.6 Å². The zero-order valence-electron chi connectivity index (χ0n) is 61.7. The molecule has 0 bridgehead atoms. The van der Waals surface area contributed by atoms with Crippen LogP contribution in [0.15, 0.2) is 311 Å². The Bertz CT molecular complexity index is 7140. The summed E-state index contributed by atoms with van der Waals surface area (Å²) >= 11 is 25.1. The largest absolute Gasteiger partial charge is 0.362 e. The normalized spacial score (nSPS) is 10.9. The first-order valence-corrected chi connectivity index (χ1v) is 38.5. The summed E-state index contributed by atoms with van der Waals surface area (Å²) in [5.41, 5.74) is 21.9. The van der Waals surface area contributed by atoms with E-state index >= 15 is 0 Å². The van der Waals surface area contributed by atoms with Gasteiger partial charge < -0.3 is 4.85 Å². The summed E-state index contributed by atoms with van der Waals surface area (Å²) in [6.07, 6.45) is 20.1. The van der Waals surface area contributed by atoms with Crippen LogP contribution < -0.4 is 0 Å². The molecule has 0 radical (unpaired) electrons. The molecular weight excluding hydrogens is 1640 g/mol. The Hall–Kier alpha value is -14.5. The van der Waals surface area contributed by atoms with Crippen molar-refractivity contribution in [1.29, 1.82) is 0 Å². The topological polar surface area (TPSA) is 181 Å². The fourth-order valence-corrected chi connectivity index (χ4v) is 14.5. The Labute approximate surface area is 701 Å². The molecule has 582 valence electrons. The molecule has 20 aromatic rings. The maximum atomic E-state index is 14.2. The van der Waals surface area contributed by atoms with Crippen LogP contribution in [0.2, 0.25) is 20.1 Å². The molecule has 16 nitrogen and oxygen atoms in total. The minimum Gasteiger partial charge on any atom is -0.362 e. The van der Waals surface area contributed by atoms with Gasteiger partial charge in [0.15, 0.2) is 17.3 Å². The van der Waals surface area contributed by atoms with Gasteiger partial charge in [0.2, 0.25) is 5.65 Å². The zero-order valence-corrected chi connectivity index (χ0v) is 65.5. The van der Waals surface area contributed by atoms with Crippen molar-refractivity contribution < 1.29 is 30.7 Å². The number of rotatable bonds is 10. The Morgan fingerprint density at radius 2 is 0.742 bits per heavy atom. The number of thiazole rings is 1. The summed E-state index contributed by atoms with van der Waals surface area (Å²) in [5.74, 6) is -4.56. The summed E-state index contributed by atoms with van der Waals surface area (Å²) < 4.78 is 99.1. The first-order chi connectivity index (χ1) is 58.5. The number of aromatic nitrogens is 15. The van der Waals surface area contributed by atoms with Crippen molar-refractivity contribution in [3.63, 3.8) is 0 Å². The van der Waals surface area contributed by atoms with Crippen molar-refractivity contribution in [1.82, 2.24) is 73.8 Å². The molecule has 0 aliphatic heterocycles. The molecule has 0 spiro atoms. The lowest BCUT2D eigenvalue weighted by Crippen LogP contribution is -1.95. The third-order valence-corrected chi connectivity index (χ3v) is 20.7. The van der Waals surface area contributed by atoms with Crippen LogP contribution >= 0.6 is 57.7 Å². The van der Waals surface area contributed by atoms with Crippen LogP contribution in [-0.4, -0.2) is 73.8 Å². The lowest BCUT2D eigenvalue weighted by atomic mass is 9.99. The first-order valence-electron chi connectivity index (χ1n) is 36.1. The van der Waals surface area contributed by atoms with E-state index < -0.39 is 40.7 Å². The first kappa shape index (κ1) is 79.4. The molecule has 0 N–H and O–H groups in total. The number of hydrogen-bond acceptors (Lipinski definition) is 14. The third kappa shape index (κ3) is 17.3. The van der Waals surface area contributed by atoms with Gasteiger partial charge in [-0.3, -0.25) is 39.9 Å². The third-order valence-electron chi connectivity index (χ3n) is 18.7. The van der Waals surface area contributed by atoms with Gasteiger partial charge in [0, 0.05) is 135 Å². The quantitative estimate of drug-likeness (QED) is 0.0717. The van der Waals surface area contributed by atoms with Gasteiger partial charge in [-0.25, -0.2) is 59.6 Å². The Kier molecular flexibility index (Phi) is 23.5. The number of pyridine rings is 9. The van der Waals surface area contributed by atoms with Gasteiger partial charge in [-0.05, 0) is 193 Å². The fraction of sp³-hybridized carbons (Fsp3) is 0.